The summed E-state index contributed by atoms with van der Waals surface area (Å²) in [6, 6.07) is 25.5. The third-order valence-electron chi connectivity index (χ3n) is 6.32. The molecular formula is C26H22Cl2N2+2. The Labute approximate surface area is 186 Å². The van der Waals surface area contributed by atoms with Gasteiger partial charge in [-0.2, -0.15) is 0 Å². The molecule has 0 aliphatic heterocycles. The summed E-state index contributed by atoms with van der Waals surface area (Å²) in [7, 11) is 0. The van der Waals surface area contributed by atoms with E-state index in [4.69, 9.17) is 23.2 Å². The summed E-state index contributed by atoms with van der Waals surface area (Å²) in [4.78, 5) is 6.33. The Bertz CT molecular complexity index is 1020. The van der Waals surface area contributed by atoms with Crippen molar-refractivity contribution in [1.29, 1.82) is 0 Å². The number of pyridine rings is 2. The Morgan fingerprint density at radius 2 is 0.667 bits per heavy atom. The van der Waals surface area contributed by atoms with Crippen LogP contribution in [0.15, 0.2) is 97.6 Å². The number of halogens is 2. The van der Waals surface area contributed by atoms with Crippen LogP contribution < -0.4 is 9.97 Å². The minimum Gasteiger partial charge on any atom is -0.218 e. The van der Waals surface area contributed by atoms with Crippen molar-refractivity contribution in [2.45, 2.75) is 23.7 Å². The monoisotopic (exact) mass is 432 g/mol. The predicted molar refractivity (Wildman–Crippen MR) is 120 cm³/mol. The molecule has 2 aromatic carbocycles. The predicted octanol–water partition coefficient (Wildman–Crippen LogP) is 6.07. The fraction of sp³-hybridized carbons (Fsp3) is 0.154. The molecule has 0 unspecified atom stereocenters. The van der Waals surface area contributed by atoms with Gasteiger partial charge in [-0.15, -0.1) is 0 Å². The van der Waals surface area contributed by atoms with Gasteiger partial charge in [0.1, 0.15) is 0 Å². The maximum absolute atomic E-state index is 6.20. The molecule has 4 heteroatoms. The number of hydrogen-bond acceptors (Lipinski definition) is 0. The van der Waals surface area contributed by atoms with Crippen LogP contribution in [0, 0.1) is 0 Å². The van der Waals surface area contributed by atoms with Gasteiger partial charge in [-0.3, -0.25) is 0 Å². The summed E-state index contributed by atoms with van der Waals surface area (Å²) in [5, 5.41) is 1.53. The number of aromatic nitrogens is 2. The van der Waals surface area contributed by atoms with Crippen LogP contribution in [-0.2, 0) is 0 Å². The molecule has 0 radical (unpaired) electrons. The van der Waals surface area contributed by atoms with Gasteiger partial charge in [-0.05, 0) is 70.2 Å². The summed E-state index contributed by atoms with van der Waals surface area (Å²) >= 11 is 12.4. The number of rotatable bonds is 4. The first-order valence-corrected chi connectivity index (χ1v) is 10.9. The van der Waals surface area contributed by atoms with Gasteiger partial charge < -0.3 is 0 Å². The van der Waals surface area contributed by atoms with E-state index in [9.17, 15) is 0 Å². The van der Waals surface area contributed by atoms with Gasteiger partial charge in [0.05, 0.1) is 0 Å². The zero-order valence-corrected chi connectivity index (χ0v) is 17.8. The van der Waals surface area contributed by atoms with Crippen LogP contribution >= 0.6 is 23.2 Å². The molecule has 30 heavy (non-hydrogen) atoms. The van der Waals surface area contributed by atoms with Gasteiger partial charge in [-0.25, -0.2) is 9.97 Å². The van der Waals surface area contributed by atoms with E-state index in [2.05, 4.69) is 58.5 Å². The molecule has 2 nitrogen and oxygen atoms in total. The molecule has 148 valence electrons. The molecule has 0 spiro atoms. The Kier molecular flexibility index (Phi) is 5.28. The van der Waals surface area contributed by atoms with E-state index in [-0.39, 0.29) is 0 Å². The highest BCUT2D eigenvalue weighted by atomic mass is 35.5. The van der Waals surface area contributed by atoms with Crippen molar-refractivity contribution in [3.63, 3.8) is 0 Å². The lowest BCUT2D eigenvalue weighted by atomic mass is 9.49. The minimum atomic E-state index is 0.347. The van der Waals surface area contributed by atoms with Gasteiger partial charge in [0.15, 0.2) is 24.8 Å². The van der Waals surface area contributed by atoms with Crippen LogP contribution in [0.5, 0.6) is 0 Å². The van der Waals surface area contributed by atoms with Crippen LogP contribution in [-0.4, -0.2) is 0 Å². The molecule has 5 rings (SSSR count). The number of nitrogens with one attached hydrogen (secondary N) is 2. The van der Waals surface area contributed by atoms with E-state index in [0.29, 0.717) is 23.7 Å². The average molecular weight is 433 g/mol. The Morgan fingerprint density at radius 3 is 0.967 bits per heavy atom. The molecule has 2 heterocycles. The van der Waals surface area contributed by atoms with E-state index in [1.807, 2.05) is 49.1 Å². The summed E-state index contributed by atoms with van der Waals surface area (Å²) in [6.07, 6.45) is 8.05. The fourth-order valence-electron chi connectivity index (χ4n) is 5.02. The van der Waals surface area contributed by atoms with Gasteiger partial charge in [0, 0.05) is 34.3 Å². The molecule has 2 aromatic heterocycles. The van der Waals surface area contributed by atoms with Crippen LogP contribution in [0.3, 0.4) is 0 Å². The van der Waals surface area contributed by atoms with E-state index in [1.54, 1.807) is 0 Å². The first kappa shape index (κ1) is 19.3. The number of hydrogen-bond donors (Lipinski definition) is 0. The van der Waals surface area contributed by atoms with Crippen molar-refractivity contribution in [2.75, 3.05) is 0 Å². The van der Waals surface area contributed by atoms with E-state index in [0.717, 1.165) is 10.0 Å². The molecule has 0 amide bonds. The third kappa shape index (κ3) is 3.51. The quantitative estimate of drug-likeness (QED) is 0.374. The zero-order chi connectivity index (χ0) is 20.5. The third-order valence-corrected chi connectivity index (χ3v) is 6.82. The van der Waals surface area contributed by atoms with Gasteiger partial charge in [0.2, 0.25) is 0 Å². The number of H-pyrrole nitrogens is 2. The summed E-state index contributed by atoms with van der Waals surface area (Å²) in [5.41, 5.74) is 5.32. The number of aromatic amines is 2. The normalized spacial score (nSPS) is 23.0. The summed E-state index contributed by atoms with van der Waals surface area (Å²) < 4.78 is 0. The maximum atomic E-state index is 6.20. The summed E-state index contributed by atoms with van der Waals surface area (Å²) in [5.74, 6) is 1.42. The van der Waals surface area contributed by atoms with Crippen molar-refractivity contribution in [3.8, 4) is 0 Å². The zero-order valence-electron chi connectivity index (χ0n) is 16.3. The fourth-order valence-corrected chi connectivity index (χ4v) is 5.27. The van der Waals surface area contributed by atoms with E-state index >= 15 is 0 Å². The molecule has 1 fully saturated rings. The van der Waals surface area contributed by atoms with Crippen molar-refractivity contribution in [1.82, 2.24) is 0 Å². The topological polar surface area (TPSA) is 28.3 Å². The first-order valence-electron chi connectivity index (χ1n) is 10.2. The minimum absolute atomic E-state index is 0.347. The smallest absolute Gasteiger partial charge is 0.167 e. The standard InChI is InChI=1S/C26H20Cl2N2/c27-21-5-1-17(2-6-21)23-24(18-3-7-22(28)8-4-18)26(20-11-15-30-16-12-20)25(23)19-9-13-29-14-10-19/h1-16,23-26H/p+2/t23-,24-,25+,26+/m1/s1. The molecule has 0 bridgehead atoms. The second-order valence-corrected chi connectivity index (χ2v) is 8.75. The lowest BCUT2D eigenvalue weighted by Crippen LogP contribution is -2.40. The van der Waals surface area contributed by atoms with Crippen molar-refractivity contribution in [3.05, 3.63) is 130 Å². The SMILES string of the molecule is Clc1ccc([C@H]2[C@H](c3cc[nH+]cc3)[C@@H](c3cc[nH+]cc3)[C@@H]2c2ccc(Cl)cc2)cc1. The molecule has 2 N–H and O–H groups in total. The largest absolute Gasteiger partial charge is 0.218 e. The second-order valence-electron chi connectivity index (χ2n) is 7.87. The Hall–Kier alpha value is -2.68. The van der Waals surface area contributed by atoms with Crippen LogP contribution in [0.25, 0.3) is 0 Å². The van der Waals surface area contributed by atoms with Crippen LogP contribution in [0.1, 0.15) is 45.9 Å². The van der Waals surface area contributed by atoms with Crippen LogP contribution in [0.4, 0.5) is 0 Å². The second kappa shape index (κ2) is 8.22. The molecule has 1 aliphatic rings. The van der Waals surface area contributed by atoms with Crippen molar-refractivity contribution >= 4 is 23.2 Å². The highest BCUT2D eigenvalue weighted by Gasteiger charge is 2.52. The van der Waals surface area contributed by atoms with Gasteiger partial charge in [0.25, 0.3) is 0 Å². The first-order chi connectivity index (χ1) is 14.7. The highest BCUT2D eigenvalue weighted by molar-refractivity contribution is 6.30. The molecule has 4 aromatic rings. The number of benzene rings is 2. The van der Waals surface area contributed by atoms with Crippen molar-refractivity contribution < 1.29 is 9.97 Å². The Balaban J connectivity index is 1.67. The molecule has 0 saturated heterocycles. The van der Waals surface area contributed by atoms with Crippen molar-refractivity contribution in [2.24, 2.45) is 0 Å². The van der Waals surface area contributed by atoms with Gasteiger partial charge in [-0.1, -0.05) is 47.5 Å². The Morgan fingerprint density at radius 1 is 0.400 bits per heavy atom. The molecule has 4 atom stereocenters. The van der Waals surface area contributed by atoms with Gasteiger partial charge >= 0.3 is 0 Å². The lowest BCUT2D eigenvalue weighted by molar-refractivity contribution is -0.378. The van der Waals surface area contributed by atoms with Crippen LogP contribution in [0.2, 0.25) is 10.0 Å². The highest BCUT2D eigenvalue weighted by Crippen LogP contribution is 2.66. The average Bonchev–Trinajstić information content (AvgIpc) is 2.77. The molecular weight excluding hydrogens is 411 g/mol. The van der Waals surface area contributed by atoms with E-state index < -0.39 is 0 Å². The summed E-state index contributed by atoms with van der Waals surface area (Å²) in [6.45, 7) is 0. The molecule has 1 aliphatic carbocycles. The molecule has 1 saturated carbocycles. The lowest BCUT2D eigenvalue weighted by Gasteiger charge is -2.53. The van der Waals surface area contributed by atoms with E-state index in [1.165, 1.54) is 22.3 Å². The maximum Gasteiger partial charge on any atom is 0.167 e.